The predicted octanol–water partition coefficient (Wildman–Crippen LogP) is 2.08. The van der Waals surface area contributed by atoms with Crippen LogP contribution in [-0.4, -0.2) is 43.6 Å². The van der Waals surface area contributed by atoms with E-state index in [1.807, 2.05) is 30.1 Å². The van der Waals surface area contributed by atoms with Crippen molar-refractivity contribution in [3.05, 3.63) is 29.3 Å². The molecule has 1 fully saturated rings. The van der Waals surface area contributed by atoms with E-state index in [0.717, 1.165) is 55.8 Å². The molecule has 4 heteroatoms. The van der Waals surface area contributed by atoms with Crippen molar-refractivity contribution in [3.63, 3.8) is 0 Å². The number of benzene rings is 1. The molecule has 1 aromatic carbocycles. The van der Waals surface area contributed by atoms with Crippen LogP contribution in [0.2, 0.25) is 0 Å². The zero-order chi connectivity index (χ0) is 14.8. The van der Waals surface area contributed by atoms with Crippen molar-refractivity contribution in [3.8, 4) is 5.75 Å². The third-order valence-corrected chi connectivity index (χ3v) is 4.85. The molecule has 1 amide bonds. The maximum Gasteiger partial charge on any atom is 0.253 e. The quantitative estimate of drug-likeness (QED) is 0.926. The summed E-state index contributed by atoms with van der Waals surface area (Å²) in [6, 6.07) is 6.38. The monoisotopic (exact) mass is 288 g/mol. The van der Waals surface area contributed by atoms with Crippen LogP contribution >= 0.6 is 0 Å². The van der Waals surface area contributed by atoms with Crippen molar-refractivity contribution >= 4 is 5.91 Å². The summed E-state index contributed by atoms with van der Waals surface area (Å²) < 4.78 is 5.51. The Morgan fingerprint density at radius 1 is 1.48 bits per heavy atom. The van der Waals surface area contributed by atoms with Crippen molar-refractivity contribution in [2.24, 2.45) is 5.92 Å². The lowest BCUT2D eigenvalue weighted by atomic mass is 9.89. The number of rotatable bonds is 3. The van der Waals surface area contributed by atoms with E-state index in [-0.39, 0.29) is 5.91 Å². The Morgan fingerprint density at radius 2 is 2.33 bits per heavy atom. The molecular formula is C17H24N2O2. The lowest BCUT2D eigenvalue weighted by Gasteiger charge is -2.38. The van der Waals surface area contributed by atoms with Crippen molar-refractivity contribution in [1.82, 2.24) is 10.2 Å². The molecule has 2 aliphatic rings. The standard InChI is InChI=1S/C17H24N2O2/c1-3-12-11-19(8-6-15(12)18-2)17(20)14-4-5-16-13(10-14)7-9-21-16/h4-5,10,12,15,18H,3,6-9,11H2,1-2H3. The maximum atomic E-state index is 12.7. The summed E-state index contributed by atoms with van der Waals surface area (Å²) in [5, 5.41) is 3.38. The number of fused-ring (bicyclic) bond motifs is 1. The highest BCUT2D eigenvalue weighted by atomic mass is 16.5. The minimum atomic E-state index is 0.165. The highest BCUT2D eigenvalue weighted by Crippen LogP contribution is 2.27. The number of piperidine rings is 1. The van der Waals surface area contributed by atoms with Gasteiger partial charge in [0.2, 0.25) is 0 Å². The molecule has 114 valence electrons. The van der Waals surface area contributed by atoms with Gasteiger partial charge in [-0.3, -0.25) is 4.79 Å². The van der Waals surface area contributed by atoms with Crippen LogP contribution in [0, 0.1) is 5.92 Å². The number of carbonyl (C=O) groups is 1. The first-order chi connectivity index (χ1) is 10.2. The Morgan fingerprint density at radius 3 is 3.10 bits per heavy atom. The van der Waals surface area contributed by atoms with Gasteiger partial charge in [0.15, 0.2) is 0 Å². The van der Waals surface area contributed by atoms with Crippen molar-refractivity contribution in [2.45, 2.75) is 32.2 Å². The van der Waals surface area contributed by atoms with E-state index in [1.54, 1.807) is 0 Å². The van der Waals surface area contributed by atoms with Crippen LogP contribution in [0.15, 0.2) is 18.2 Å². The molecule has 0 saturated carbocycles. The van der Waals surface area contributed by atoms with E-state index in [9.17, 15) is 4.79 Å². The van der Waals surface area contributed by atoms with Crippen LogP contribution in [0.1, 0.15) is 35.7 Å². The average molecular weight is 288 g/mol. The molecule has 0 aromatic heterocycles. The van der Waals surface area contributed by atoms with Gasteiger partial charge in [-0.2, -0.15) is 0 Å². The number of likely N-dealkylation sites (tertiary alicyclic amines) is 1. The van der Waals surface area contributed by atoms with Gasteiger partial charge in [0, 0.05) is 31.1 Å². The van der Waals surface area contributed by atoms with Crippen LogP contribution in [-0.2, 0) is 6.42 Å². The third kappa shape index (κ3) is 2.77. The molecule has 0 bridgehead atoms. The van der Waals surface area contributed by atoms with Gasteiger partial charge in [-0.05, 0) is 43.1 Å². The minimum absolute atomic E-state index is 0.165. The first-order valence-electron chi connectivity index (χ1n) is 7.95. The fourth-order valence-electron chi connectivity index (χ4n) is 3.51. The average Bonchev–Trinajstić information content (AvgIpc) is 3.00. The van der Waals surface area contributed by atoms with E-state index >= 15 is 0 Å². The van der Waals surface area contributed by atoms with Gasteiger partial charge in [0.05, 0.1) is 6.61 Å². The molecule has 21 heavy (non-hydrogen) atoms. The molecule has 0 radical (unpaired) electrons. The van der Waals surface area contributed by atoms with Gasteiger partial charge in [-0.15, -0.1) is 0 Å². The highest BCUT2D eigenvalue weighted by Gasteiger charge is 2.30. The fraction of sp³-hybridized carbons (Fsp3) is 0.588. The fourth-order valence-corrected chi connectivity index (χ4v) is 3.51. The van der Waals surface area contributed by atoms with E-state index < -0.39 is 0 Å². The normalized spacial score (nSPS) is 24.6. The van der Waals surface area contributed by atoms with Gasteiger partial charge in [-0.25, -0.2) is 0 Å². The molecule has 3 rings (SSSR count). The Kier molecular flexibility index (Phi) is 4.15. The maximum absolute atomic E-state index is 12.7. The number of ether oxygens (including phenoxy) is 1. The van der Waals surface area contributed by atoms with Crippen molar-refractivity contribution in [1.29, 1.82) is 0 Å². The van der Waals surface area contributed by atoms with Gasteiger partial charge in [0.1, 0.15) is 5.75 Å². The van der Waals surface area contributed by atoms with Crippen LogP contribution in [0.3, 0.4) is 0 Å². The van der Waals surface area contributed by atoms with Crippen LogP contribution in [0.4, 0.5) is 0 Å². The topological polar surface area (TPSA) is 41.6 Å². The molecular weight excluding hydrogens is 264 g/mol. The molecule has 2 aliphatic heterocycles. The Labute approximate surface area is 126 Å². The SMILES string of the molecule is CCC1CN(C(=O)c2ccc3c(c2)CCO3)CCC1NC. The van der Waals surface area contributed by atoms with Gasteiger partial charge in [-0.1, -0.05) is 13.3 Å². The summed E-state index contributed by atoms with van der Waals surface area (Å²) in [5.74, 6) is 1.65. The van der Waals surface area contributed by atoms with Crippen LogP contribution < -0.4 is 10.1 Å². The second kappa shape index (κ2) is 6.06. The number of hydrogen-bond acceptors (Lipinski definition) is 3. The summed E-state index contributed by atoms with van der Waals surface area (Å²) in [7, 11) is 2.02. The molecule has 0 spiro atoms. The van der Waals surface area contributed by atoms with Gasteiger partial charge in [0.25, 0.3) is 5.91 Å². The lowest BCUT2D eigenvalue weighted by Crippen LogP contribution is -2.50. The zero-order valence-electron chi connectivity index (χ0n) is 12.9. The van der Waals surface area contributed by atoms with E-state index in [2.05, 4.69) is 12.2 Å². The number of nitrogens with zero attached hydrogens (tertiary/aromatic N) is 1. The highest BCUT2D eigenvalue weighted by molar-refractivity contribution is 5.94. The van der Waals surface area contributed by atoms with Gasteiger partial charge >= 0.3 is 0 Å². The van der Waals surface area contributed by atoms with E-state index in [4.69, 9.17) is 4.74 Å². The van der Waals surface area contributed by atoms with Crippen molar-refractivity contribution in [2.75, 3.05) is 26.7 Å². The molecule has 4 nitrogen and oxygen atoms in total. The summed E-state index contributed by atoms with van der Waals surface area (Å²) >= 11 is 0. The molecule has 1 aromatic rings. The Balaban J connectivity index is 1.73. The first kappa shape index (κ1) is 14.4. The summed E-state index contributed by atoms with van der Waals surface area (Å²) in [4.78, 5) is 14.7. The largest absolute Gasteiger partial charge is 0.493 e. The molecule has 2 atom stereocenters. The zero-order valence-corrected chi connectivity index (χ0v) is 12.9. The minimum Gasteiger partial charge on any atom is -0.493 e. The van der Waals surface area contributed by atoms with E-state index in [1.165, 1.54) is 0 Å². The van der Waals surface area contributed by atoms with E-state index in [0.29, 0.717) is 12.0 Å². The second-order valence-electron chi connectivity index (χ2n) is 6.02. The van der Waals surface area contributed by atoms with Crippen LogP contribution in [0.25, 0.3) is 0 Å². The first-order valence-corrected chi connectivity index (χ1v) is 7.95. The number of amides is 1. The summed E-state index contributed by atoms with van der Waals surface area (Å²) in [6.45, 7) is 4.64. The van der Waals surface area contributed by atoms with Crippen molar-refractivity contribution < 1.29 is 9.53 Å². The lowest BCUT2D eigenvalue weighted by molar-refractivity contribution is 0.0631. The molecule has 2 unspecified atom stereocenters. The Bertz CT molecular complexity index is 530. The smallest absolute Gasteiger partial charge is 0.253 e. The second-order valence-corrected chi connectivity index (χ2v) is 6.02. The Hall–Kier alpha value is -1.55. The third-order valence-electron chi connectivity index (χ3n) is 4.85. The summed E-state index contributed by atoms with van der Waals surface area (Å²) in [6.07, 6.45) is 3.05. The number of nitrogens with one attached hydrogen (secondary N) is 1. The molecule has 0 aliphatic carbocycles. The molecule has 2 heterocycles. The summed E-state index contributed by atoms with van der Waals surface area (Å²) in [5.41, 5.74) is 1.97. The molecule has 1 saturated heterocycles. The number of carbonyl (C=O) groups excluding carboxylic acids is 1. The molecule has 1 N–H and O–H groups in total. The number of hydrogen-bond donors (Lipinski definition) is 1. The predicted molar refractivity (Wildman–Crippen MR) is 82.8 cm³/mol. The van der Waals surface area contributed by atoms with Crippen LogP contribution in [0.5, 0.6) is 5.75 Å². The van der Waals surface area contributed by atoms with Gasteiger partial charge < -0.3 is 15.0 Å².